The second-order valence-electron chi connectivity index (χ2n) is 7.04. The van der Waals surface area contributed by atoms with Crippen LogP contribution in [0.1, 0.15) is 15.9 Å². The molecule has 0 saturated carbocycles. The Balaban J connectivity index is 1.59. The van der Waals surface area contributed by atoms with Gasteiger partial charge in [0.2, 0.25) is 5.91 Å². The number of carbonyl (C=O) groups excluding carboxylic acids is 2. The van der Waals surface area contributed by atoms with Gasteiger partial charge in [-0.05, 0) is 48.9 Å². The highest BCUT2D eigenvalue weighted by molar-refractivity contribution is 8.15. The summed E-state index contributed by atoms with van der Waals surface area (Å²) < 4.78 is 27.3. The number of nitrogens with one attached hydrogen (secondary N) is 1. The summed E-state index contributed by atoms with van der Waals surface area (Å²) in [7, 11) is 0. The van der Waals surface area contributed by atoms with Crippen molar-refractivity contribution in [3.8, 4) is 16.9 Å². The first-order valence-electron chi connectivity index (χ1n) is 9.52. The standard InChI is InChI=1S/C23H17F2N3O3S/c1-13-2-6-16(7-3-13)28-21(30)12-32-23(28)27-26-22(31)18-10-14(4-9-20(18)29)17-8-5-15(24)11-19(17)25/h2-11,29H,12H2,1H3,(H,26,31)/b27-23+. The van der Waals surface area contributed by atoms with Gasteiger partial charge in [-0.2, -0.15) is 0 Å². The van der Waals surface area contributed by atoms with E-state index in [-0.39, 0.29) is 39.3 Å². The van der Waals surface area contributed by atoms with Crippen molar-refractivity contribution >= 4 is 34.4 Å². The van der Waals surface area contributed by atoms with Crippen LogP contribution in [0.15, 0.2) is 65.8 Å². The van der Waals surface area contributed by atoms with E-state index in [0.717, 1.165) is 17.7 Å². The maximum absolute atomic E-state index is 14.1. The lowest BCUT2D eigenvalue weighted by Gasteiger charge is -2.16. The summed E-state index contributed by atoms with van der Waals surface area (Å²) in [4.78, 5) is 26.4. The smallest absolute Gasteiger partial charge is 0.275 e. The Bertz CT molecular complexity index is 1250. The highest BCUT2D eigenvalue weighted by Crippen LogP contribution is 2.29. The molecule has 0 atom stereocenters. The number of aromatic hydroxyl groups is 1. The topological polar surface area (TPSA) is 82.0 Å². The zero-order valence-electron chi connectivity index (χ0n) is 16.8. The van der Waals surface area contributed by atoms with Crippen LogP contribution in [-0.2, 0) is 4.79 Å². The molecule has 2 amide bonds. The number of nitrogens with zero attached hydrogens (tertiary/aromatic N) is 2. The molecule has 0 unspecified atom stereocenters. The van der Waals surface area contributed by atoms with Crippen molar-refractivity contribution in [2.24, 2.45) is 5.10 Å². The Morgan fingerprint density at radius 2 is 1.84 bits per heavy atom. The van der Waals surface area contributed by atoms with Gasteiger partial charge in [-0.15, -0.1) is 5.10 Å². The molecule has 1 aliphatic heterocycles. The molecule has 32 heavy (non-hydrogen) atoms. The normalized spacial score (nSPS) is 14.8. The molecule has 1 fully saturated rings. The SMILES string of the molecule is Cc1ccc(N2C(=O)CS/C2=N/NC(=O)c2cc(-c3ccc(F)cc3F)ccc2O)cc1. The second-order valence-corrected chi connectivity index (χ2v) is 7.99. The van der Waals surface area contributed by atoms with Crippen LogP contribution in [0.5, 0.6) is 5.75 Å². The fraction of sp³-hybridized carbons (Fsp3) is 0.0870. The summed E-state index contributed by atoms with van der Waals surface area (Å²) in [6.45, 7) is 1.93. The van der Waals surface area contributed by atoms with Crippen LogP contribution in [0.3, 0.4) is 0 Å². The Hall–Kier alpha value is -3.72. The maximum Gasteiger partial charge on any atom is 0.275 e. The summed E-state index contributed by atoms with van der Waals surface area (Å²) >= 11 is 1.17. The second kappa shape index (κ2) is 8.80. The highest BCUT2D eigenvalue weighted by Gasteiger charge is 2.30. The molecular formula is C23H17F2N3O3S. The summed E-state index contributed by atoms with van der Waals surface area (Å²) in [5.41, 5.74) is 4.21. The van der Waals surface area contributed by atoms with Gasteiger partial charge in [-0.1, -0.05) is 35.5 Å². The largest absolute Gasteiger partial charge is 0.507 e. The molecule has 9 heteroatoms. The van der Waals surface area contributed by atoms with Gasteiger partial charge in [0.05, 0.1) is 17.0 Å². The molecule has 1 aliphatic rings. The number of carbonyl (C=O) groups is 2. The van der Waals surface area contributed by atoms with Gasteiger partial charge in [-0.25, -0.2) is 14.2 Å². The van der Waals surface area contributed by atoms with Crippen molar-refractivity contribution in [3.05, 3.63) is 83.4 Å². The number of hydrazone groups is 1. The molecule has 0 bridgehead atoms. The number of hydrogen-bond donors (Lipinski definition) is 2. The van der Waals surface area contributed by atoms with Crippen molar-refractivity contribution in [2.45, 2.75) is 6.92 Å². The lowest BCUT2D eigenvalue weighted by Crippen LogP contribution is -2.31. The average molecular weight is 453 g/mol. The Morgan fingerprint density at radius 1 is 1.09 bits per heavy atom. The zero-order valence-corrected chi connectivity index (χ0v) is 17.6. The number of thioether (sulfide) groups is 1. The minimum Gasteiger partial charge on any atom is -0.507 e. The first-order chi connectivity index (χ1) is 15.3. The number of rotatable bonds is 4. The number of hydrogen-bond acceptors (Lipinski definition) is 5. The molecule has 0 radical (unpaired) electrons. The van der Waals surface area contributed by atoms with Crippen LogP contribution in [0.4, 0.5) is 14.5 Å². The molecule has 0 spiro atoms. The summed E-state index contributed by atoms with van der Waals surface area (Å²) in [5.74, 6) is -2.60. The third-order valence-electron chi connectivity index (χ3n) is 4.79. The molecule has 1 saturated heterocycles. The number of benzene rings is 3. The van der Waals surface area contributed by atoms with Crippen molar-refractivity contribution in [3.63, 3.8) is 0 Å². The van der Waals surface area contributed by atoms with Crippen molar-refractivity contribution in [1.82, 2.24) is 5.43 Å². The third kappa shape index (κ3) is 4.33. The van der Waals surface area contributed by atoms with Gasteiger partial charge in [-0.3, -0.25) is 14.5 Å². The molecule has 162 valence electrons. The molecule has 0 aromatic heterocycles. The highest BCUT2D eigenvalue weighted by atomic mass is 32.2. The summed E-state index contributed by atoms with van der Waals surface area (Å²) in [6.07, 6.45) is 0. The van der Waals surface area contributed by atoms with Crippen LogP contribution in [0.25, 0.3) is 11.1 Å². The molecule has 3 aromatic carbocycles. The summed E-state index contributed by atoms with van der Waals surface area (Å²) in [5, 5.41) is 14.5. The molecule has 0 aliphatic carbocycles. The average Bonchev–Trinajstić information content (AvgIpc) is 3.13. The van der Waals surface area contributed by atoms with Crippen LogP contribution in [0.2, 0.25) is 0 Å². The van der Waals surface area contributed by atoms with Crippen LogP contribution >= 0.6 is 11.8 Å². The number of halogens is 2. The number of anilines is 1. The minimum absolute atomic E-state index is 0.0780. The Kier molecular flexibility index (Phi) is 5.91. The number of aryl methyl sites for hydroxylation is 1. The minimum atomic E-state index is -0.795. The molecule has 6 nitrogen and oxygen atoms in total. The lowest BCUT2D eigenvalue weighted by atomic mass is 10.0. The van der Waals surface area contributed by atoms with Crippen molar-refractivity contribution in [2.75, 3.05) is 10.7 Å². The molecule has 4 rings (SSSR count). The van der Waals surface area contributed by atoms with E-state index in [2.05, 4.69) is 10.5 Å². The van der Waals surface area contributed by atoms with E-state index in [0.29, 0.717) is 5.69 Å². The Morgan fingerprint density at radius 3 is 2.56 bits per heavy atom. The number of phenols is 1. The van der Waals surface area contributed by atoms with E-state index in [4.69, 9.17) is 0 Å². The zero-order chi connectivity index (χ0) is 22.8. The monoisotopic (exact) mass is 453 g/mol. The molecular weight excluding hydrogens is 436 g/mol. The Labute approximate surface area is 186 Å². The quantitative estimate of drug-likeness (QED) is 0.573. The summed E-state index contributed by atoms with van der Waals surface area (Å²) in [6, 6.07) is 14.3. The van der Waals surface area contributed by atoms with E-state index < -0.39 is 17.5 Å². The van der Waals surface area contributed by atoms with Gasteiger partial charge in [0.25, 0.3) is 5.91 Å². The fourth-order valence-electron chi connectivity index (χ4n) is 3.16. The van der Waals surface area contributed by atoms with E-state index >= 15 is 0 Å². The fourth-order valence-corrected chi connectivity index (χ4v) is 3.99. The van der Waals surface area contributed by atoms with Crippen LogP contribution in [0, 0.1) is 18.6 Å². The van der Waals surface area contributed by atoms with E-state index in [9.17, 15) is 23.5 Å². The van der Waals surface area contributed by atoms with Gasteiger partial charge in [0.1, 0.15) is 17.4 Å². The van der Waals surface area contributed by atoms with Gasteiger partial charge in [0, 0.05) is 11.6 Å². The van der Waals surface area contributed by atoms with Crippen LogP contribution < -0.4 is 10.3 Å². The van der Waals surface area contributed by atoms with E-state index in [1.807, 2.05) is 19.1 Å². The number of amides is 2. The molecule has 1 heterocycles. The predicted octanol–water partition coefficient (Wildman–Crippen LogP) is 4.43. The predicted molar refractivity (Wildman–Crippen MR) is 119 cm³/mol. The van der Waals surface area contributed by atoms with Crippen molar-refractivity contribution < 1.29 is 23.5 Å². The van der Waals surface area contributed by atoms with E-state index in [1.165, 1.54) is 40.9 Å². The maximum atomic E-state index is 14.1. The van der Waals surface area contributed by atoms with Crippen molar-refractivity contribution in [1.29, 1.82) is 0 Å². The third-order valence-corrected chi connectivity index (χ3v) is 5.72. The number of phenolic OH excluding ortho intramolecular Hbond substituents is 1. The first kappa shape index (κ1) is 21.5. The van der Waals surface area contributed by atoms with Crippen LogP contribution in [-0.4, -0.2) is 27.8 Å². The van der Waals surface area contributed by atoms with Gasteiger partial charge >= 0.3 is 0 Å². The lowest BCUT2D eigenvalue weighted by molar-refractivity contribution is -0.115. The first-order valence-corrected chi connectivity index (χ1v) is 10.5. The number of amidine groups is 1. The molecule has 2 N–H and O–H groups in total. The van der Waals surface area contributed by atoms with E-state index in [1.54, 1.807) is 12.1 Å². The van der Waals surface area contributed by atoms with Gasteiger partial charge < -0.3 is 5.11 Å². The van der Waals surface area contributed by atoms with Gasteiger partial charge in [0.15, 0.2) is 5.17 Å². The molecule has 3 aromatic rings.